The second-order valence-corrected chi connectivity index (χ2v) is 3.96. The van der Waals surface area contributed by atoms with E-state index in [0.717, 1.165) is 25.7 Å². The highest BCUT2D eigenvalue weighted by Crippen LogP contribution is 2.23. The van der Waals surface area contributed by atoms with Gasteiger partial charge in [0.05, 0.1) is 6.10 Å². The summed E-state index contributed by atoms with van der Waals surface area (Å²) in [6.07, 6.45) is 3.30. The van der Waals surface area contributed by atoms with Crippen molar-refractivity contribution < 1.29 is 14.2 Å². The quantitative estimate of drug-likeness (QED) is 0.812. The first-order chi connectivity index (χ1) is 7.25. The van der Waals surface area contributed by atoms with Crippen molar-refractivity contribution in [3.63, 3.8) is 0 Å². The van der Waals surface area contributed by atoms with Gasteiger partial charge in [-0.15, -0.1) is 0 Å². The summed E-state index contributed by atoms with van der Waals surface area (Å²) in [5, 5.41) is 9.69. The molecule has 1 aliphatic rings. The van der Waals surface area contributed by atoms with Gasteiger partial charge in [0.25, 0.3) is 0 Å². The van der Waals surface area contributed by atoms with Gasteiger partial charge in [-0.25, -0.2) is 4.39 Å². The van der Waals surface area contributed by atoms with Gasteiger partial charge in [-0.2, -0.15) is 0 Å². The Balaban J connectivity index is 1.98. The lowest BCUT2D eigenvalue weighted by Crippen LogP contribution is -2.34. The van der Waals surface area contributed by atoms with Crippen molar-refractivity contribution in [1.29, 1.82) is 0 Å². The predicted molar refractivity (Wildman–Crippen MR) is 55.3 cm³/mol. The smallest absolute Gasteiger partial charge is 0.124 e. The monoisotopic (exact) mass is 210 g/mol. The highest BCUT2D eigenvalue weighted by Gasteiger charge is 2.24. The first kappa shape index (κ1) is 10.4. The van der Waals surface area contributed by atoms with E-state index in [0.29, 0.717) is 5.75 Å². The summed E-state index contributed by atoms with van der Waals surface area (Å²) in [5.41, 5.74) is 0. The third kappa shape index (κ3) is 2.69. The number of ether oxygens (including phenoxy) is 1. The van der Waals surface area contributed by atoms with E-state index in [9.17, 15) is 9.50 Å². The second-order valence-electron chi connectivity index (χ2n) is 3.96. The number of rotatable bonds is 2. The van der Waals surface area contributed by atoms with Crippen molar-refractivity contribution in [3.8, 4) is 5.75 Å². The van der Waals surface area contributed by atoms with Gasteiger partial charge in [-0.3, -0.25) is 0 Å². The molecule has 2 rings (SSSR count). The summed E-state index contributed by atoms with van der Waals surface area (Å²) in [6.45, 7) is 0. The van der Waals surface area contributed by atoms with E-state index in [2.05, 4.69) is 0 Å². The molecule has 1 aromatic carbocycles. The van der Waals surface area contributed by atoms with E-state index < -0.39 is 0 Å². The second kappa shape index (κ2) is 4.62. The largest absolute Gasteiger partial charge is 0.488 e. The molecule has 0 bridgehead atoms. The zero-order valence-corrected chi connectivity index (χ0v) is 8.53. The minimum Gasteiger partial charge on any atom is -0.488 e. The highest BCUT2D eigenvalue weighted by atomic mass is 19.1. The minimum atomic E-state index is -0.385. The van der Waals surface area contributed by atoms with Gasteiger partial charge in [-0.1, -0.05) is 6.42 Å². The summed E-state index contributed by atoms with van der Waals surface area (Å²) < 4.78 is 18.2. The Labute approximate surface area is 88.7 Å². The van der Waals surface area contributed by atoms with E-state index in [1.165, 1.54) is 12.1 Å². The van der Waals surface area contributed by atoms with Crippen LogP contribution in [-0.2, 0) is 0 Å². The molecule has 2 nitrogen and oxygen atoms in total. The van der Waals surface area contributed by atoms with Crippen molar-refractivity contribution >= 4 is 0 Å². The molecule has 1 fully saturated rings. The normalized spacial score (nSPS) is 26.3. The molecule has 0 aromatic heterocycles. The average Bonchev–Trinajstić information content (AvgIpc) is 2.25. The maximum Gasteiger partial charge on any atom is 0.124 e. The SMILES string of the molecule is OC1CCCCC1Oc1ccc(F)cc1. The molecule has 0 amide bonds. The molecular weight excluding hydrogens is 195 g/mol. The molecule has 0 saturated heterocycles. The fourth-order valence-corrected chi connectivity index (χ4v) is 1.90. The molecule has 82 valence electrons. The van der Waals surface area contributed by atoms with Gasteiger partial charge in [0, 0.05) is 0 Å². The Kier molecular flexibility index (Phi) is 3.21. The summed E-state index contributed by atoms with van der Waals surface area (Å²) in [6, 6.07) is 5.92. The predicted octanol–water partition coefficient (Wildman–Crippen LogP) is 2.51. The zero-order valence-electron chi connectivity index (χ0n) is 8.53. The van der Waals surface area contributed by atoms with E-state index in [4.69, 9.17) is 4.74 Å². The van der Waals surface area contributed by atoms with Gasteiger partial charge in [0.2, 0.25) is 0 Å². The molecule has 0 radical (unpaired) electrons. The van der Waals surface area contributed by atoms with Crippen molar-refractivity contribution in [1.82, 2.24) is 0 Å². The molecule has 3 heteroatoms. The topological polar surface area (TPSA) is 29.5 Å². The molecule has 1 aliphatic carbocycles. The maximum atomic E-state index is 12.6. The van der Waals surface area contributed by atoms with Gasteiger partial charge < -0.3 is 9.84 Å². The molecular formula is C12H15FO2. The van der Waals surface area contributed by atoms with Crippen LogP contribution in [0.15, 0.2) is 24.3 Å². The van der Waals surface area contributed by atoms with Crippen molar-refractivity contribution in [2.75, 3.05) is 0 Å². The Bertz CT molecular complexity index is 310. The van der Waals surface area contributed by atoms with Crippen LogP contribution in [0.25, 0.3) is 0 Å². The Morgan fingerprint density at radius 2 is 1.80 bits per heavy atom. The van der Waals surface area contributed by atoms with Crippen LogP contribution < -0.4 is 4.74 Å². The lowest BCUT2D eigenvalue weighted by Gasteiger charge is -2.28. The van der Waals surface area contributed by atoms with Gasteiger partial charge in [-0.05, 0) is 43.5 Å². The van der Waals surface area contributed by atoms with Crippen molar-refractivity contribution in [3.05, 3.63) is 30.1 Å². The zero-order chi connectivity index (χ0) is 10.7. The van der Waals surface area contributed by atoms with Gasteiger partial charge in [0.15, 0.2) is 0 Å². The van der Waals surface area contributed by atoms with Gasteiger partial charge in [0.1, 0.15) is 17.7 Å². The standard InChI is InChI=1S/C12H15FO2/c13-9-5-7-10(8-6-9)15-12-4-2-1-3-11(12)14/h5-8,11-12,14H,1-4H2. The van der Waals surface area contributed by atoms with Crippen molar-refractivity contribution in [2.24, 2.45) is 0 Å². The van der Waals surface area contributed by atoms with Crippen LogP contribution in [0.3, 0.4) is 0 Å². The van der Waals surface area contributed by atoms with Crippen molar-refractivity contribution in [2.45, 2.75) is 37.9 Å². The lowest BCUT2D eigenvalue weighted by atomic mass is 9.95. The Morgan fingerprint density at radius 3 is 2.47 bits per heavy atom. The molecule has 2 atom stereocenters. The van der Waals surface area contributed by atoms with Crippen LogP contribution in [0.4, 0.5) is 4.39 Å². The highest BCUT2D eigenvalue weighted by molar-refractivity contribution is 5.22. The van der Waals surface area contributed by atoms with Crippen LogP contribution in [0.1, 0.15) is 25.7 Å². The van der Waals surface area contributed by atoms with Crippen LogP contribution in [0, 0.1) is 5.82 Å². The number of benzene rings is 1. The molecule has 0 heterocycles. The number of hydrogen-bond acceptors (Lipinski definition) is 2. The number of hydrogen-bond donors (Lipinski definition) is 1. The minimum absolute atomic E-state index is 0.135. The Morgan fingerprint density at radius 1 is 1.13 bits per heavy atom. The van der Waals surface area contributed by atoms with Gasteiger partial charge >= 0.3 is 0 Å². The molecule has 1 aromatic rings. The first-order valence-corrected chi connectivity index (χ1v) is 5.36. The average molecular weight is 210 g/mol. The molecule has 1 N–H and O–H groups in total. The summed E-state index contributed by atoms with van der Waals surface area (Å²) in [4.78, 5) is 0. The lowest BCUT2D eigenvalue weighted by molar-refractivity contribution is 0.00684. The summed E-state index contributed by atoms with van der Waals surface area (Å²) in [7, 11) is 0. The van der Waals surface area contributed by atoms with E-state index >= 15 is 0 Å². The fraction of sp³-hybridized carbons (Fsp3) is 0.500. The number of halogens is 1. The molecule has 0 aliphatic heterocycles. The number of aliphatic hydroxyl groups excluding tert-OH is 1. The third-order valence-electron chi connectivity index (χ3n) is 2.77. The Hall–Kier alpha value is -1.09. The fourth-order valence-electron chi connectivity index (χ4n) is 1.90. The molecule has 1 saturated carbocycles. The van der Waals surface area contributed by atoms with E-state index in [1.807, 2.05) is 0 Å². The van der Waals surface area contributed by atoms with E-state index in [-0.39, 0.29) is 18.0 Å². The molecule has 15 heavy (non-hydrogen) atoms. The third-order valence-corrected chi connectivity index (χ3v) is 2.77. The van der Waals surface area contributed by atoms with Crippen LogP contribution in [-0.4, -0.2) is 17.3 Å². The van der Waals surface area contributed by atoms with Crippen LogP contribution in [0.2, 0.25) is 0 Å². The molecule has 0 spiro atoms. The maximum absolute atomic E-state index is 12.6. The summed E-state index contributed by atoms with van der Waals surface area (Å²) >= 11 is 0. The number of aliphatic hydroxyl groups is 1. The van der Waals surface area contributed by atoms with E-state index in [1.54, 1.807) is 12.1 Å². The molecule has 2 unspecified atom stereocenters. The van der Waals surface area contributed by atoms with Crippen LogP contribution >= 0.6 is 0 Å². The summed E-state index contributed by atoms with van der Waals surface area (Å²) in [5.74, 6) is 0.355. The first-order valence-electron chi connectivity index (χ1n) is 5.36. The van der Waals surface area contributed by atoms with Crippen LogP contribution in [0.5, 0.6) is 5.75 Å².